The monoisotopic (exact) mass is 478 g/mol. The summed E-state index contributed by atoms with van der Waals surface area (Å²) in [5.74, 6) is -0.0876. The highest BCUT2D eigenvalue weighted by Gasteiger charge is 2.21. The van der Waals surface area contributed by atoms with Crippen LogP contribution in [0.2, 0.25) is 10.0 Å². The lowest BCUT2D eigenvalue weighted by Crippen LogP contribution is -2.35. The number of fused-ring (bicyclic) bond motifs is 3. The van der Waals surface area contributed by atoms with Crippen LogP contribution in [0.25, 0.3) is 10.2 Å². The Labute approximate surface area is 192 Å². The summed E-state index contributed by atoms with van der Waals surface area (Å²) in [6, 6.07) is 4.76. The number of carbonyl (C=O) groups is 2. The molecule has 3 aromatic rings. The molecule has 0 radical (unpaired) electrons. The van der Waals surface area contributed by atoms with Crippen LogP contribution in [0.5, 0.6) is 0 Å². The van der Waals surface area contributed by atoms with Crippen LogP contribution >= 0.6 is 34.5 Å². The molecule has 162 valence electrons. The van der Waals surface area contributed by atoms with Crippen molar-refractivity contribution in [1.29, 1.82) is 0 Å². The van der Waals surface area contributed by atoms with Gasteiger partial charge in [0.1, 0.15) is 10.7 Å². The van der Waals surface area contributed by atoms with Crippen molar-refractivity contribution in [1.82, 2.24) is 14.9 Å². The van der Waals surface area contributed by atoms with Gasteiger partial charge in [-0.05, 0) is 43.0 Å². The second-order valence-corrected chi connectivity index (χ2v) is 9.38. The number of anilines is 1. The zero-order chi connectivity index (χ0) is 22.1. The van der Waals surface area contributed by atoms with Gasteiger partial charge in [-0.3, -0.25) is 14.4 Å². The molecule has 2 amide bonds. The van der Waals surface area contributed by atoms with Gasteiger partial charge in [0.25, 0.3) is 5.56 Å². The molecule has 0 saturated heterocycles. The number of nitrogens with one attached hydrogen (secondary N) is 2. The average Bonchev–Trinajstić information content (AvgIpc) is 3.29. The summed E-state index contributed by atoms with van der Waals surface area (Å²) in [7, 11) is 1.56. The molecule has 1 aliphatic carbocycles. The minimum atomic E-state index is -0.352. The van der Waals surface area contributed by atoms with E-state index in [2.05, 4.69) is 15.3 Å². The van der Waals surface area contributed by atoms with E-state index in [0.717, 1.165) is 29.7 Å². The second kappa shape index (κ2) is 8.98. The van der Waals surface area contributed by atoms with Gasteiger partial charge in [-0.2, -0.15) is 0 Å². The number of aryl methyl sites for hydroxylation is 3. The number of aromatic amines is 1. The molecular formula is C21H20Cl2N4O3S. The number of aromatic nitrogens is 2. The van der Waals surface area contributed by atoms with E-state index in [1.165, 1.54) is 9.78 Å². The van der Waals surface area contributed by atoms with Gasteiger partial charge >= 0.3 is 0 Å². The van der Waals surface area contributed by atoms with E-state index in [-0.39, 0.29) is 30.3 Å². The third kappa shape index (κ3) is 4.76. The maximum Gasteiger partial charge on any atom is 0.259 e. The summed E-state index contributed by atoms with van der Waals surface area (Å²) in [6.45, 7) is -0.111. The number of benzene rings is 1. The van der Waals surface area contributed by atoms with Gasteiger partial charge in [0.05, 0.1) is 22.0 Å². The molecule has 0 saturated carbocycles. The Hall–Kier alpha value is -2.42. The lowest BCUT2D eigenvalue weighted by atomic mass is 10.2. The van der Waals surface area contributed by atoms with Crippen LogP contribution in [0.1, 0.15) is 29.1 Å². The molecule has 0 spiro atoms. The Balaban J connectivity index is 1.34. The van der Waals surface area contributed by atoms with Gasteiger partial charge in [-0.15, -0.1) is 11.3 Å². The number of likely N-dealkylation sites (N-methyl/N-ethyl adjacent to an activating group) is 1. The van der Waals surface area contributed by atoms with Crippen LogP contribution in [0.3, 0.4) is 0 Å². The molecule has 0 fully saturated rings. The maximum atomic E-state index is 12.5. The molecule has 2 heterocycles. The fraction of sp³-hybridized carbons (Fsp3) is 0.333. The van der Waals surface area contributed by atoms with Crippen molar-refractivity contribution < 1.29 is 9.59 Å². The van der Waals surface area contributed by atoms with Crippen LogP contribution in [0.4, 0.5) is 5.69 Å². The number of carbonyl (C=O) groups excluding carboxylic acids is 2. The Morgan fingerprint density at radius 1 is 1.26 bits per heavy atom. The normalized spacial score (nSPS) is 12.7. The van der Waals surface area contributed by atoms with Gasteiger partial charge in [0.2, 0.25) is 11.8 Å². The third-order valence-electron chi connectivity index (χ3n) is 5.21. The highest BCUT2D eigenvalue weighted by Crippen LogP contribution is 2.34. The second-order valence-electron chi connectivity index (χ2n) is 7.48. The van der Waals surface area contributed by atoms with Crippen molar-refractivity contribution in [3.05, 3.63) is 54.9 Å². The smallest absolute Gasteiger partial charge is 0.259 e. The quantitative estimate of drug-likeness (QED) is 0.562. The Morgan fingerprint density at radius 2 is 2.06 bits per heavy atom. The van der Waals surface area contributed by atoms with Gasteiger partial charge in [-0.25, -0.2) is 4.98 Å². The molecular weight excluding hydrogens is 459 g/mol. The highest BCUT2D eigenvalue weighted by atomic mass is 35.5. The van der Waals surface area contributed by atoms with Crippen molar-refractivity contribution in [2.75, 3.05) is 18.9 Å². The van der Waals surface area contributed by atoms with Gasteiger partial charge in [0.15, 0.2) is 0 Å². The fourth-order valence-electron chi connectivity index (χ4n) is 3.66. The number of nitrogens with zero attached hydrogens (tertiary/aromatic N) is 2. The predicted molar refractivity (Wildman–Crippen MR) is 123 cm³/mol. The van der Waals surface area contributed by atoms with Crippen LogP contribution in [0.15, 0.2) is 23.0 Å². The van der Waals surface area contributed by atoms with Gasteiger partial charge in [-0.1, -0.05) is 23.2 Å². The minimum absolute atomic E-state index is 0.111. The number of amides is 2. The summed E-state index contributed by atoms with van der Waals surface area (Å²) in [5.41, 5.74) is 1.49. The predicted octanol–water partition coefficient (Wildman–Crippen LogP) is 3.81. The standard InChI is InChI=1S/C21H20Cl2N4O3S/c1-27(10-17(28)24-11-5-6-13(22)14(23)9-11)18(29)8-7-16-25-20(30)19-12-3-2-4-15(12)31-21(19)26-16/h5-6,9H,2-4,7-8,10H2,1H3,(H,24,28)(H,25,26,30). The van der Waals surface area contributed by atoms with E-state index in [1.54, 1.807) is 36.6 Å². The van der Waals surface area contributed by atoms with E-state index < -0.39 is 0 Å². The SMILES string of the molecule is CN(CC(=O)Nc1ccc(Cl)c(Cl)c1)C(=O)CCc1nc2sc3c(c2c(=O)[nH]1)CCC3. The van der Waals surface area contributed by atoms with Crippen molar-refractivity contribution in [3.63, 3.8) is 0 Å². The maximum absolute atomic E-state index is 12.5. The largest absolute Gasteiger partial charge is 0.336 e. The number of thiophene rings is 1. The average molecular weight is 479 g/mol. The van der Waals surface area contributed by atoms with Crippen molar-refractivity contribution in [3.8, 4) is 0 Å². The fourth-order valence-corrected chi connectivity index (χ4v) is 5.24. The highest BCUT2D eigenvalue weighted by molar-refractivity contribution is 7.18. The van der Waals surface area contributed by atoms with Gasteiger partial charge in [0, 0.05) is 30.5 Å². The lowest BCUT2D eigenvalue weighted by molar-refractivity contribution is -0.133. The van der Waals surface area contributed by atoms with Crippen molar-refractivity contribution in [2.45, 2.75) is 32.1 Å². The molecule has 2 N–H and O–H groups in total. The summed E-state index contributed by atoms with van der Waals surface area (Å²) >= 11 is 13.4. The lowest BCUT2D eigenvalue weighted by Gasteiger charge is -2.17. The van der Waals surface area contributed by atoms with Gasteiger partial charge < -0.3 is 15.2 Å². The zero-order valence-corrected chi connectivity index (χ0v) is 19.1. The molecule has 0 aliphatic heterocycles. The molecule has 0 atom stereocenters. The van der Waals surface area contributed by atoms with Crippen LogP contribution in [0, 0.1) is 0 Å². The number of rotatable bonds is 6. The van der Waals surface area contributed by atoms with Crippen molar-refractivity contribution in [2.24, 2.45) is 0 Å². The molecule has 0 unspecified atom stereocenters. The number of hydrogen-bond acceptors (Lipinski definition) is 5. The molecule has 1 aromatic carbocycles. The summed E-state index contributed by atoms with van der Waals surface area (Å²) in [4.78, 5) is 47.9. The number of H-pyrrole nitrogens is 1. The Kier molecular flexibility index (Phi) is 6.31. The summed E-state index contributed by atoms with van der Waals surface area (Å²) in [5, 5.41) is 4.10. The van der Waals surface area contributed by atoms with Crippen LogP contribution in [-0.4, -0.2) is 40.3 Å². The molecule has 2 aromatic heterocycles. The first kappa shape index (κ1) is 21.8. The van der Waals surface area contributed by atoms with E-state index in [0.29, 0.717) is 33.4 Å². The molecule has 1 aliphatic rings. The Morgan fingerprint density at radius 3 is 2.84 bits per heavy atom. The molecule has 4 rings (SSSR count). The molecule has 10 heteroatoms. The van der Waals surface area contributed by atoms with Crippen LogP contribution in [-0.2, 0) is 28.9 Å². The molecule has 0 bridgehead atoms. The van der Waals surface area contributed by atoms with E-state index in [4.69, 9.17) is 23.2 Å². The summed E-state index contributed by atoms with van der Waals surface area (Å²) < 4.78 is 0. The molecule has 7 nitrogen and oxygen atoms in total. The molecule has 31 heavy (non-hydrogen) atoms. The van der Waals surface area contributed by atoms with E-state index in [9.17, 15) is 14.4 Å². The van der Waals surface area contributed by atoms with Crippen LogP contribution < -0.4 is 10.9 Å². The number of halogens is 2. The Bertz CT molecular complexity index is 1240. The van der Waals surface area contributed by atoms with Crippen molar-refractivity contribution >= 4 is 62.3 Å². The van der Waals surface area contributed by atoms with E-state index >= 15 is 0 Å². The first-order valence-corrected chi connectivity index (χ1v) is 11.4. The first-order chi connectivity index (χ1) is 14.8. The third-order valence-corrected chi connectivity index (χ3v) is 7.13. The zero-order valence-electron chi connectivity index (χ0n) is 16.8. The topological polar surface area (TPSA) is 95.2 Å². The number of hydrogen-bond donors (Lipinski definition) is 2. The summed E-state index contributed by atoms with van der Waals surface area (Å²) in [6.07, 6.45) is 3.44. The minimum Gasteiger partial charge on any atom is -0.336 e. The van der Waals surface area contributed by atoms with E-state index in [1.807, 2.05) is 0 Å². The first-order valence-electron chi connectivity index (χ1n) is 9.84.